The van der Waals surface area contributed by atoms with Gasteiger partial charge in [0.05, 0.1) is 32.0 Å². The van der Waals surface area contributed by atoms with Gasteiger partial charge >= 0.3 is 0 Å². The van der Waals surface area contributed by atoms with Crippen molar-refractivity contribution >= 4 is 5.91 Å². The molecule has 0 aromatic heterocycles. The van der Waals surface area contributed by atoms with E-state index in [9.17, 15) is 45.6 Å². The Morgan fingerprint density at radius 2 is 1.23 bits per heavy atom. The van der Waals surface area contributed by atoms with E-state index in [1.165, 1.54) is 44.9 Å². The fraction of sp³-hybridized carbons (Fsp3) is 0.868. The van der Waals surface area contributed by atoms with E-state index >= 15 is 0 Å². The molecule has 9 N–H and O–H groups in total. The van der Waals surface area contributed by atoms with Gasteiger partial charge < -0.3 is 65.1 Å². The van der Waals surface area contributed by atoms with Crippen molar-refractivity contribution in [1.82, 2.24) is 5.32 Å². The lowest BCUT2D eigenvalue weighted by Crippen LogP contribution is -2.65. The van der Waals surface area contributed by atoms with Crippen LogP contribution in [0.3, 0.4) is 0 Å². The zero-order valence-electron chi connectivity index (χ0n) is 31.3. The lowest BCUT2D eigenvalue weighted by atomic mass is 9.97. The Morgan fingerprint density at radius 3 is 1.88 bits per heavy atom. The smallest absolute Gasteiger partial charge is 0.220 e. The third-order valence-corrected chi connectivity index (χ3v) is 9.64. The number of hydrogen-bond acceptors (Lipinski definition) is 13. The van der Waals surface area contributed by atoms with E-state index in [2.05, 4.69) is 31.3 Å². The summed E-state index contributed by atoms with van der Waals surface area (Å²) in [4.78, 5) is 12.9. The minimum absolute atomic E-state index is 0.261. The Labute approximate surface area is 309 Å². The van der Waals surface area contributed by atoms with Gasteiger partial charge in [0.1, 0.15) is 48.8 Å². The predicted octanol–water partition coefficient (Wildman–Crippen LogP) is 1.87. The van der Waals surface area contributed by atoms with Gasteiger partial charge in [0.25, 0.3) is 0 Å². The molecule has 12 atom stereocenters. The van der Waals surface area contributed by atoms with Crippen LogP contribution in [0.5, 0.6) is 0 Å². The van der Waals surface area contributed by atoms with Gasteiger partial charge in [0.2, 0.25) is 5.91 Å². The number of ether oxygens (including phenoxy) is 4. The molecule has 2 rings (SSSR count). The highest BCUT2D eigenvalue weighted by molar-refractivity contribution is 5.76. The highest BCUT2D eigenvalue weighted by atomic mass is 16.7. The van der Waals surface area contributed by atoms with Crippen LogP contribution in [0.1, 0.15) is 117 Å². The van der Waals surface area contributed by atoms with Crippen molar-refractivity contribution in [1.29, 1.82) is 0 Å². The van der Waals surface area contributed by atoms with Crippen molar-refractivity contribution in [3.05, 3.63) is 24.3 Å². The average Bonchev–Trinajstić information content (AvgIpc) is 3.14. The molecule has 2 saturated heterocycles. The predicted molar refractivity (Wildman–Crippen MR) is 194 cm³/mol. The van der Waals surface area contributed by atoms with Gasteiger partial charge in [-0.05, 0) is 32.1 Å². The van der Waals surface area contributed by atoms with Gasteiger partial charge in [-0.3, -0.25) is 4.79 Å². The number of rotatable bonds is 27. The molecule has 14 nitrogen and oxygen atoms in total. The van der Waals surface area contributed by atoms with Crippen LogP contribution in [0.4, 0.5) is 0 Å². The first-order valence-electron chi connectivity index (χ1n) is 19.6. The van der Waals surface area contributed by atoms with Gasteiger partial charge in [0, 0.05) is 6.42 Å². The maximum absolute atomic E-state index is 12.9. The molecule has 304 valence electrons. The summed E-state index contributed by atoms with van der Waals surface area (Å²) in [7, 11) is 0. The molecule has 1 amide bonds. The second-order valence-electron chi connectivity index (χ2n) is 14.1. The Balaban J connectivity index is 1.99. The van der Waals surface area contributed by atoms with Crippen LogP contribution in [0, 0.1) is 0 Å². The van der Waals surface area contributed by atoms with Crippen LogP contribution in [0.2, 0.25) is 0 Å². The molecule has 14 heteroatoms. The van der Waals surface area contributed by atoms with Crippen molar-refractivity contribution in [3.63, 3.8) is 0 Å². The van der Waals surface area contributed by atoms with Gasteiger partial charge in [0.15, 0.2) is 12.6 Å². The fourth-order valence-corrected chi connectivity index (χ4v) is 6.30. The molecular weight excluding hydrogens is 678 g/mol. The number of carbonyl (C=O) groups excluding carboxylic acids is 1. The first-order valence-corrected chi connectivity index (χ1v) is 19.6. The third kappa shape index (κ3) is 16.5. The van der Waals surface area contributed by atoms with Crippen molar-refractivity contribution in [2.24, 2.45) is 0 Å². The molecule has 52 heavy (non-hydrogen) atoms. The van der Waals surface area contributed by atoms with Crippen LogP contribution in [-0.4, -0.2) is 140 Å². The monoisotopic (exact) mass is 747 g/mol. The lowest BCUT2D eigenvalue weighted by molar-refractivity contribution is -0.359. The summed E-state index contributed by atoms with van der Waals surface area (Å²) in [6.07, 6.45) is 7.02. The molecule has 0 bridgehead atoms. The highest BCUT2D eigenvalue weighted by Gasteiger charge is 2.50. The van der Waals surface area contributed by atoms with Crippen molar-refractivity contribution in [2.75, 3.05) is 19.8 Å². The molecule has 0 aromatic carbocycles. The Kier molecular flexibility index (Phi) is 24.3. The van der Waals surface area contributed by atoms with E-state index in [1.54, 1.807) is 6.08 Å². The van der Waals surface area contributed by atoms with E-state index in [-0.39, 0.29) is 18.9 Å². The number of amides is 1. The summed E-state index contributed by atoms with van der Waals surface area (Å²) < 4.78 is 22.5. The van der Waals surface area contributed by atoms with E-state index in [0.717, 1.165) is 38.5 Å². The van der Waals surface area contributed by atoms with Gasteiger partial charge in [-0.2, -0.15) is 0 Å². The summed E-state index contributed by atoms with van der Waals surface area (Å²) in [6.45, 7) is 2.63. The Hall–Kier alpha value is -1.53. The van der Waals surface area contributed by atoms with E-state index in [4.69, 9.17) is 18.9 Å². The van der Waals surface area contributed by atoms with Crippen LogP contribution in [0.15, 0.2) is 24.3 Å². The minimum Gasteiger partial charge on any atom is -0.394 e. The second-order valence-corrected chi connectivity index (χ2v) is 14.1. The molecule has 2 aliphatic rings. The minimum atomic E-state index is -1.79. The van der Waals surface area contributed by atoms with Crippen LogP contribution in [0.25, 0.3) is 0 Å². The second kappa shape index (κ2) is 27.1. The molecule has 0 aromatic rings. The Morgan fingerprint density at radius 1 is 0.673 bits per heavy atom. The van der Waals surface area contributed by atoms with Gasteiger partial charge in [-0.15, -0.1) is 0 Å². The van der Waals surface area contributed by atoms with Gasteiger partial charge in [-0.25, -0.2) is 0 Å². The number of hydrogen-bond donors (Lipinski definition) is 9. The molecule has 2 aliphatic heterocycles. The first kappa shape index (κ1) is 46.6. The molecule has 2 fully saturated rings. The average molecular weight is 748 g/mol. The first-order chi connectivity index (χ1) is 25.1. The van der Waals surface area contributed by atoms with E-state index < -0.39 is 86.8 Å². The fourth-order valence-electron chi connectivity index (χ4n) is 6.30. The third-order valence-electron chi connectivity index (χ3n) is 9.64. The molecule has 2 heterocycles. The molecular formula is C38H69NO13. The lowest BCUT2D eigenvalue weighted by Gasteiger charge is -2.46. The van der Waals surface area contributed by atoms with Crippen molar-refractivity contribution < 1.29 is 64.6 Å². The van der Waals surface area contributed by atoms with Crippen LogP contribution >= 0.6 is 0 Å². The number of aliphatic hydroxyl groups is 8. The topological polar surface area (TPSA) is 228 Å². The summed E-state index contributed by atoms with van der Waals surface area (Å²) in [5.74, 6) is -0.261. The highest BCUT2D eigenvalue weighted by Crippen LogP contribution is 2.29. The van der Waals surface area contributed by atoms with Crippen molar-refractivity contribution in [3.8, 4) is 0 Å². The standard InChI is InChI=1S/C38H69NO13/c1-3-5-7-9-11-12-13-14-16-17-19-21-27(42)26(39-30(43)22-20-18-15-10-8-6-4-2)25-49-37-35(48)33(46)36(29(24-41)51-37)52-38-34(47)32(45)31(44)28(23-40)50-38/h13-14,19,21,26-29,31-38,40-42,44-48H,3-12,15-18,20,22-25H2,1-2H3,(H,39,43)/b14-13+,21-19+. The molecule has 0 radical (unpaired) electrons. The molecule has 0 saturated carbocycles. The summed E-state index contributed by atoms with van der Waals surface area (Å²) in [6, 6.07) is -0.921. The van der Waals surface area contributed by atoms with Crippen LogP contribution in [-0.2, 0) is 23.7 Å². The number of carbonyl (C=O) groups is 1. The summed E-state index contributed by atoms with van der Waals surface area (Å²) in [5.41, 5.74) is 0. The maximum Gasteiger partial charge on any atom is 0.220 e. The molecule has 0 aliphatic carbocycles. The number of unbranched alkanes of at least 4 members (excludes halogenated alkanes) is 12. The molecule has 0 spiro atoms. The number of aliphatic hydroxyl groups excluding tert-OH is 8. The normalized spacial score (nSPS) is 31.0. The van der Waals surface area contributed by atoms with Crippen LogP contribution < -0.4 is 5.32 Å². The van der Waals surface area contributed by atoms with Crippen molar-refractivity contribution in [2.45, 2.75) is 190 Å². The van der Waals surface area contributed by atoms with Gasteiger partial charge in [-0.1, -0.05) is 102 Å². The number of allylic oxidation sites excluding steroid dienone is 3. The summed E-state index contributed by atoms with van der Waals surface area (Å²) in [5, 5.41) is 85.8. The Bertz CT molecular complexity index is 983. The SMILES string of the molecule is CCCCCCC/C=C/CC/C=C/C(O)C(COC1OC(CO)C(OC2OC(CO)C(O)C(O)C2O)C(O)C1O)NC(=O)CCCCCCCCC. The zero-order chi connectivity index (χ0) is 38.3. The number of nitrogens with one attached hydrogen (secondary N) is 1. The van der Waals surface area contributed by atoms with E-state index in [1.807, 2.05) is 6.08 Å². The summed E-state index contributed by atoms with van der Waals surface area (Å²) >= 11 is 0. The maximum atomic E-state index is 12.9. The zero-order valence-corrected chi connectivity index (χ0v) is 31.3. The largest absolute Gasteiger partial charge is 0.394 e. The molecule has 12 unspecified atom stereocenters. The quantitative estimate of drug-likeness (QED) is 0.0433. The van der Waals surface area contributed by atoms with E-state index in [0.29, 0.717) is 12.8 Å².